The summed E-state index contributed by atoms with van der Waals surface area (Å²) in [5, 5.41) is 9.44. The number of benzene rings is 1. The Hall–Kier alpha value is -2.99. The topological polar surface area (TPSA) is 58.9 Å². The van der Waals surface area contributed by atoms with Crippen LogP contribution in [0.1, 0.15) is 24.8 Å². The van der Waals surface area contributed by atoms with Gasteiger partial charge in [-0.1, -0.05) is 0 Å². The maximum Gasteiger partial charge on any atom is 0.129 e. The van der Waals surface area contributed by atoms with Gasteiger partial charge in [0.25, 0.3) is 0 Å². The highest BCUT2D eigenvalue weighted by Crippen LogP contribution is 2.28. The van der Waals surface area contributed by atoms with Crippen LogP contribution >= 0.6 is 0 Å². The van der Waals surface area contributed by atoms with Crippen LogP contribution in [0.5, 0.6) is 0 Å². The minimum absolute atomic E-state index is 0.598. The molecule has 1 aliphatic heterocycles. The lowest BCUT2D eigenvalue weighted by atomic mass is 10.0. The summed E-state index contributed by atoms with van der Waals surface area (Å²) in [6.45, 7) is 4.22. The van der Waals surface area contributed by atoms with Gasteiger partial charge in [0.1, 0.15) is 5.82 Å². The van der Waals surface area contributed by atoms with E-state index < -0.39 is 0 Å². The van der Waals surface area contributed by atoms with Gasteiger partial charge in [0.2, 0.25) is 0 Å². The molecule has 1 saturated carbocycles. The fourth-order valence-corrected chi connectivity index (χ4v) is 4.60. The van der Waals surface area contributed by atoms with E-state index >= 15 is 0 Å². The number of nitrogens with zero attached hydrogens (tertiary/aromatic N) is 5. The molecule has 6 heteroatoms. The lowest BCUT2D eigenvalue weighted by Crippen LogP contribution is -2.34. The number of fused-ring (bicyclic) bond motifs is 2. The SMILES string of the molecule is Cc1cc(-c2ccc3nc(N4CC[C@H](NC5CC5)C4)ccc3n2)cc2cn(C)nc12. The lowest BCUT2D eigenvalue weighted by Gasteiger charge is -2.18. The number of pyridine rings is 2. The van der Waals surface area contributed by atoms with Gasteiger partial charge in [-0.3, -0.25) is 4.68 Å². The fraction of sp³-hybridized carbons (Fsp3) is 0.375. The van der Waals surface area contributed by atoms with Crippen LogP contribution in [-0.2, 0) is 7.05 Å². The molecule has 0 spiro atoms. The minimum Gasteiger partial charge on any atom is -0.355 e. The van der Waals surface area contributed by atoms with Gasteiger partial charge in [-0.15, -0.1) is 0 Å². The van der Waals surface area contributed by atoms with E-state index in [0.717, 1.165) is 58.1 Å². The molecular weight excluding hydrogens is 372 g/mol. The number of aryl methyl sites for hydroxylation is 2. The first kappa shape index (κ1) is 17.8. The summed E-state index contributed by atoms with van der Waals surface area (Å²) in [6.07, 6.45) is 5.93. The number of rotatable bonds is 4. The van der Waals surface area contributed by atoms with E-state index in [4.69, 9.17) is 9.97 Å². The van der Waals surface area contributed by atoms with Crippen molar-refractivity contribution in [2.24, 2.45) is 7.05 Å². The van der Waals surface area contributed by atoms with E-state index in [-0.39, 0.29) is 0 Å². The molecule has 2 aliphatic rings. The molecule has 2 fully saturated rings. The van der Waals surface area contributed by atoms with E-state index in [0.29, 0.717) is 6.04 Å². The maximum absolute atomic E-state index is 4.91. The number of aromatic nitrogens is 4. The zero-order chi connectivity index (χ0) is 20.2. The molecule has 0 unspecified atom stereocenters. The zero-order valence-electron chi connectivity index (χ0n) is 17.5. The predicted octanol–water partition coefficient (Wildman–Crippen LogP) is 3.82. The van der Waals surface area contributed by atoms with Gasteiger partial charge in [0, 0.05) is 49.4 Å². The van der Waals surface area contributed by atoms with Gasteiger partial charge >= 0.3 is 0 Å². The van der Waals surface area contributed by atoms with Crippen LogP contribution in [0.3, 0.4) is 0 Å². The summed E-state index contributed by atoms with van der Waals surface area (Å²) >= 11 is 0. The maximum atomic E-state index is 4.91. The third kappa shape index (κ3) is 3.21. The van der Waals surface area contributed by atoms with Crippen molar-refractivity contribution in [2.45, 2.75) is 38.3 Å². The molecule has 0 bridgehead atoms. The second-order valence-corrected chi connectivity index (χ2v) is 8.81. The number of hydrogen-bond donors (Lipinski definition) is 1. The Balaban J connectivity index is 1.29. The van der Waals surface area contributed by atoms with Gasteiger partial charge < -0.3 is 10.2 Å². The first-order valence-electron chi connectivity index (χ1n) is 10.9. The molecule has 152 valence electrons. The third-order valence-electron chi connectivity index (χ3n) is 6.30. The van der Waals surface area contributed by atoms with Crippen molar-refractivity contribution >= 4 is 27.8 Å². The molecule has 1 N–H and O–H groups in total. The Morgan fingerprint density at radius 2 is 1.80 bits per heavy atom. The Morgan fingerprint density at radius 1 is 0.967 bits per heavy atom. The molecule has 30 heavy (non-hydrogen) atoms. The van der Waals surface area contributed by atoms with Gasteiger partial charge in [-0.25, -0.2) is 9.97 Å². The van der Waals surface area contributed by atoms with Gasteiger partial charge in [0.15, 0.2) is 0 Å². The minimum atomic E-state index is 0.598. The van der Waals surface area contributed by atoms with Crippen LogP contribution in [0.15, 0.2) is 42.6 Å². The second kappa shape index (κ2) is 6.77. The van der Waals surface area contributed by atoms with Crippen LogP contribution in [0.2, 0.25) is 0 Å². The molecule has 0 radical (unpaired) electrons. The molecule has 1 aliphatic carbocycles. The molecule has 4 heterocycles. The van der Waals surface area contributed by atoms with Crippen LogP contribution < -0.4 is 10.2 Å². The van der Waals surface area contributed by atoms with Crippen LogP contribution in [0.4, 0.5) is 5.82 Å². The summed E-state index contributed by atoms with van der Waals surface area (Å²) in [7, 11) is 1.96. The molecule has 0 amide bonds. The molecule has 3 aromatic heterocycles. The molecule has 4 aromatic rings. The van der Waals surface area contributed by atoms with Crippen molar-refractivity contribution in [1.82, 2.24) is 25.1 Å². The van der Waals surface area contributed by atoms with Crippen LogP contribution in [0.25, 0.3) is 33.2 Å². The van der Waals surface area contributed by atoms with E-state index in [1.54, 1.807) is 0 Å². The average molecular weight is 399 g/mol. The zero-order valence-corrected chi connectivity index (χ0v) is 17.5. The largest absolute Gasteiger partial charge is 0.355 e. The van der Waals surface area contributed by atoms with Crippen molar-refractivity contribution in [3.8, 4) is 11.3 Å². The summed E-state index contributed by atoms with van der Waals surface area (Å²) < 4.78 is 1.86. The summed E-state index contributed by atoms with van der Waals surface area (Å²) in [6, 6.07) is 14.1. The standard InChI is InChI=1S/C24H26N6/c1-15-11-16(12-17-13-29(2)28-24(15)17)20-5-6-22-21(26-20)7-8-23(27-22)30-10-9-19(14-30)25-18-3-4-18/h5-8,11-13,18-19,25H,3-4,9-10,14H2,1-2H3/t19-/m0/s1. The molecule has 6 rings (SSSR count). The normalized spacial score (nSPS) is 19.3. The van der Waals surface area contributed by atoms with Crippen molar-refractivity contribution < 1.29 is 0 Å². The number of hydrogen-bond acceptors (Lipinski definition) is 5. The van der Waals surface area contributed by atoms with E-state index in [9.17, 15) is 0 Å². The lowest BCUT2D eigenvalue weighted by molar-refractivity contribution is 0.548. The van der Waals surface area contributed by atoms with Gasteiger partial charge in [-0.05, 0) is 68.1 Å². The van der Waals surface area contributed by atoms with E-state index in [2.05, 4.69) is 64.8 Å². The van der Waals surface area contributed by atoms with E-state index in [1.165, 1.54) is 24.8 Å². The van der Waals surface area contributed by atoms with Gasteiger partial charge in [0.05, 0.1) is 22.2 Å². The molecule has 1 atom stereocenters. The molecular formula is C24H26N6. The summed E-state index contributed by atoms with van der Waals surface area (Å²) in [4.78, 5) is 12.2. The quantitative estimate of drug-likeness (QED) is 0.566. The molecule has 1 aromatic carbocycles. The second-order valence-electron chi connectivity index (χ2n) is 8.81. The summed E-state index contributed by atoms with van der Waals surface area (Å²) in [5.74, 6) is 1.06. The smallest absolute Gasteiger partial charge is 0.129 e. The highest BCUT2D eigenvalue weighted by molar-refractivity contribution is 5.88. The Kier molecular flexibility index (Phi) is 4.03. The van der Waals surface area contributed by atoms with Crippen molar-refractivity contribution in [3.63, 3.8) is 0 Å². The Labute approximate surface area is 175 Å². The highest BCUT2D eigenvalue weighted by Gasteiger charge is 2.29. The van der Waals surface area contributed by atoms with Crippen molar-refractivity contribution in [3.05, 3.63) is 48.2 Å². The summed E-state index contributed by atoms with van der Waals surface area (Å²) in [5.41, 5.74) is 6.20. The monoisotopic (exact) mass is 398 g/mol. The van der Waals surface area contributed by atoms with Crippen molar-refractivity contribution in [2.75, 3.05) is 18.0 Å². The van der Waals surface area contributed by atoms with E-state index in [1.807, 2.05) is 11.7 Å². The van der Waals surface area contributed by atoms with Crippen LogP contribution in [0, 0.1) is 6.92 Å². The Morgan fingerprint density at radius 3 is 2.67 bits per heavy atom. The third-order valence-corrected chi connectivity index (χ3v) is 6.30. The van der Waals surface area contributed by atoms with Crippen LogP contribution in [-0.4, -0.2) is 44.9 Å². The Bertz CT molecular complexity index is 1260. The average Bonchev–Trinajstić information content (AvgIpc) is 3.28. The molecule has 1 saturated heterocycles. The fourth-order valence-electron chi connectivity index (χ4n) is 4.60. The number of nitrogens with one attached hydrogen (secondary N) is 1. The highest BCUT2D eigenvalue weighted by atomic mass is 15.2. The first-order valence-corrected chi connectivity index (χ1v) is 10.9. The number of anilines is 1. The van der Waals surface area contributed by atoms with Gasteiger partial charge in [-0.2, -0.15) is 5.10 Å². The predicted molar refractivity (Wildman–Crippen MR) is 121 cm³/mol. The van der Waals surface area contributed by atoms with Crippen molar-refractivity contribution in [1.29, 1.82) is 0 Å². The first-order chi connectivity index (χ1) is 14.6. The molecule has 6 nitrogen and oxygen atoms in total.